The molecule has 76 valence electrons. The molecule has 0 aliphatic rings. The van der Waals surface area contributed by atoms with E-state index in [9.17, 15) is 4.79 Å². The van der Waals surface area contributed by atoms with Gasteiger partial charge in [0.2, 0.25) is 0 Å². The number of carbonyl (C=O) groups is 1. The zero-order chi connectivity index (χ0) is 10.9. The summed E-state index contributed by atoms with van der Waals surface area (Å²) in [6, 6.07) is 4.00. The van der Waals surface area contributed by atoms with Crippen molar-refractivity contribution in [2.24, 2.45) is 0 Å². The Morgan fingerprint density at radius 1 is 1.21 bits per heavy atom. The predicted molar refractivity (Wildman–Crippen MR) is 63.4 cm³/mol. The minimum Gasteiger partial charge on any atom is -0.306 e. The van der Waals surface area contributed by atoms with Gasteiger partial charge in [0, 0.05) is 28.7 Å². The number of amides is 1. The van der Waals surface area contributed by atoms with E-state index in [1.165, 1.54) is 11.1 Å². The second kappa shape index (κ2) is 4.13. The van der Waals surface area contributed by atoms with Gasteiger partial charge in [-0.05, 0) is 43.5 Å². The summed E-state index contributed by atoms with van der Waals surface area (Å²) in [6.45, 7) is 6.17. The van der Waals surface area contributed by atoms with Gasteiger partial charge in [-0.3, -0.25) is 4.79 Å². The molecule has 1 aromatic rings. The van der Waals surface area contributed by atoms with Crippen molar-refractivity contribution < 1.29 is 4.79 Å². The van der Waals surface area contributed by atoms with E-state index in [0.29, 0.717) is 0 Å². The lowest BCUT2D eigenvalue weighted by Crippen LogP contribution is -2.20. The highest BCUT2D eigenvalue weighted by atomic mass is 79.9. The van der Waals surface area contributed by atoms with Gasteiger partial charge >= 0.3 is 0 Å². The molecule has 0 heterocycles. The summed E-state index contributed by atoms with van der Waals surface area (Å²) in [4.78, 5) is 12.6. The Morgan fingerprint density at radius 3 is 2.29 bits per heavy atom. The van der Waals surface area contributed by atoms with Gasteiger partial charge in [-0.1, -0.05) is 6.07 Å². The van der Waals surface area contributed by atoms with Crippen molar-refractivity contribution in [2.75, 3.05) is 11.9 Å². The topological polar surface area (TPSA) is 20.3 Å². The second-order valence-electron chi connectivity index (χ2n) is 3.46. The van der Waals surface area contributed by atoms with Crippen LogP contribution in [0.4, 0.5) is 10.5 Å². The van der Waals surface area contributed by atoms with Gasteiger partial charge in [-0.25, -0.2) is 0 Å². The molecule has 14 heavy (non-hydrogen) atoms. The summed E-state index contributed by atoms with van der Waals surface area (Å²) in [6.07, 6.45) is 0. The molecule has 0 aliphatic carbocycles. The number of hydrogen-bond donors (Lipinski definition) is 0. The van der Waals surface area contributed by atoms with Crippen LogP contribution in [0.15, 0.2) is 12.1 Å². The van der Waals surface area contributed by atoms with Crippen molar-refractivity contribution in [1.29, 1.82) is 0 Å². The number of nitrogens with zero attached hydrogens (tertiary/aromatic N) is 1. The van der Waals surface area contributed by atoms with Crippen molar-refractivity contribution in [1.82, 2.24) is 0 Å². The monoisotopic (exact) mass is 255 g/mol. The van der Waals surface area contributed by atoms with Crippen molar-refractivity contribution in [3.05, 3.63) is 28.8 Å². The van der Waals surface area contributed by atoms with E-state index in [-0.39, 0.29) is 4.82 Å². The quantitative estimate of drug-likeness (QED) is 0.555. The fourth-order valence-electron chi connectivity index (χ4n) is 1.40. The van der Waals surface area contributed by atoms with E-state index in [1.807, 2.05) is 19.1 Å². The normalized spacial score (nSPS) is 10.1. The summed E-state index contributed by atoms with van der Waals surface area (Å²) >= 11 is 2.94. The molecule has 0 bridgehead atoms. The molecule has 0 atom stereocenters. The Kier molecular flexibility index (Phi) is 3.32. The molecule has 0 saturated carbocycles. The summed E-state index contributed by atoms with van der Waals surface area (Å²) in [5, 5.41) is 0. The summed E-state index contributed by atoms with van der Waals surface area (Å²) < 4.78 is 0. The molecule has 2 nitrogen and oxygen atoms in total. The third-order valence-corrected chi connectivity index (χ3v) is 3.19. The summed E-state index contributed by atoms with van der Waals surface area (Å²) in [5.74, 6) is 0. The Labute approximate surface area is 93.0 Å². The highest BCUT2D eigenvalue weighted by Crippen LogP contribution is 2.25. The van der Waals surface area contributed by atoms with Gasteiger partial charge in [0.15, 0.2) is 0 Å². The molecule has 0 aliphatic heterocycles. The zero-order valence-corrected chi connectivity index (χ0v) is 10.5. The average Bonchev–Trinajstić information content (AvgIpc) is 2.13. The van der Waals surface area contributed by atoms with Gasteiger partial charge < -0.3 is 4.90 Å². The molecular weight excluding hydrogens is 242 g/mol. The molecule has 0 spiro atoms. The second-order valence-corrected chi connectivity index (χ2v) is 4.14. The fraction of sp³-hybridized carbons (Fsp3) is 0.364. The number of halogens is 1. The Bertz CT molecular complexity index is 374. The molecule has 0 radical (unpaired) electrons. The van der Waals surface area contributed by atoms with Crippen LogP contribution in [0.1, 0.15) is 16.7 Å². The molecule has 0 aromatic heterocycles. The highest BCUT2D eigenvalue weighted by molar-refractivity contribution is 9.18. The number of rotatable bonds is 1. The number of hydrogen-bond acceptors (Lipinski definition) is 1. The van der Waals surface area contributed by atoms with Crippen LogP contribution in [-0.4, -0.2) is 11.9 Å². The molecule has 0 unspecified atom stereocenters. The largest absolute Gasteiger partial charge is 0.306 e. The van der Waals surface area contributed by atoms with Crippen molar-refractivity contribution in [3.8, 4) is 0 Å². The van der Waals surface area contributed by atoms with Crippen LogP contribution in [-0.2, 0) is 0 Å². The van der Waals surface area contributed by atoms with Crippen LogP contribution in [0.2, 0.25) is 0 Å². The first-order chi connectivity index (χ1) is 6.45. The van der Waals surface area contributed by atoms with Crippen LogP contribution in [0.3, 0.4) is 0 Å². The maximum Gasteiger partial charge on any atom is 0.293 e. The molecule has 0 N–H and O–H groups in total. The average molecular weight is 256 g/mol. The molecular formula is C11H14BrNO. The van der Waals surface area contributed by atoms with Gasteiger partial charge in [0.1, 0.15) is 0 Å². The number of anilines is 1. The zero-order valence-electron chi connectivity index (χ0n) is 8.89. The number of carbonyl (C=O) groups excluding carboxylic acids is 1. The van der Waals surface area contributed by atoms with Crippen LogP contribution >= 0.6 is 15.9 Å². The Balaban J connectivity index is 3.24. The van der Waals surface area contributed by atoms with E-state index < -0.39 is 0 Å². The van der Waals surface area contributed by atoms with Gasteiger partial charge in [-0.15, -0.1) is 0 Å². The van der Waals surface area contributed by atoms with Crippen molar-refractivity contribution >= 4 is 26.4 Å². The minimum atomic E-state index is -0.121. The first kappa shape index (κ1) is 11.2. The lowest BCUT2D eigenvalue weighted by molar-refractivity contribution is 0.267. The van der Waals surface area contributed by atoms with E-state index in [2.05, 4.69) is 29.8 Å². The minimum absolute atomic E-state index is 0.121. The van der Waals surface area contributed by atoms with E-state index in [0.717, 1.165) is 11.3 Å². The summed E-state index contributed by atoms with van der Waals surface area (Å²) in [7, 11) is 1.76. The SMILES string of the molecule is Cc1ccc(N(C)C(=O)Br)c(C)c1C. The molecule has 1 amide bonds. The van der Waals surface area contributed by atoms with Crippen LogP contribution < -0.4 is 4.90 Å². The smallest absolute Gasteiger partial charge is 0.293 e. The highest BCUT2D eigenvalue weighted by Gasteiger charge is 2.11. The molecule has 1 rings (SSSR count). The van der Waals surface area contributed by atoms with Crippen molar-refractivity contribution in [3.63, 3.8) is 0 Å². The Morgan fingerprint density at radius 2 is 1.79 bits per heavy atom. The van der Waals surface area contributed by atoms with Gasteiger partial charge in [0.25, 0.3) is 4.82 Å². The molecule has 0 fully saturated rings. The van der Waals surface area contributed by atoms with Gasteiger partial charge in [-0.2, -0.15) is 0 Å². The molecule has 3 heteroatoms. The standard InChI is InChI=1S/C11H14BrNO/c1-7-5-6-10(9(3)8(7)2)13(4)11(12)14/h5-6H,1-4H3. The first-order valence-corrected chi connectivity index (χ1v) is 5.24. The first-order valence-electron chi connectivity index (χ1n) is 4.45. The van der Waals surface area contributed by atoms with E-state index >= 15 is 0 Å². The predicted octanol–water partition coefficient (Wildman–Crippen LogP) is 3.56. The van der Waals surface area contributed by atoms with E-state index in [4.69, 9.17) is 0 Å². The lowest BCUT2D eigenvalue weighted by atomic mass is 10.0. The molecule has 1 aromatic carbocycles. The maximum absolute atomic E-state index is 11.1. The fourth-order valence-corrected chi connectivity index (χ4v) is 1.59. The summed E-state index contributed by atoms with van der Waals surface area (Å²) in [5.41, 5.74) is 4.60. The third-order valence-electron chi connectivity index (χ3n) is 2.65. The lowest BCUT2D eigenvalue weighted by Gasteiger charge is -2.18. The van der Waals surface area contributed by atoms with Crippen LogP contribution in [0.5, 0.6) is 0 Å². The number of benzene rings is 1. The van der Waals surface area contributed by atoms with E-state index in [1.54, 1.807) is 11.9 Å². The van der Waals surface area contributed by atoms with Gasteiger partial charge in [0.05, 0.1) is 0 Å². The molecule has 0 saturated heterocycles. The van der Waals surface area contributed by atoms with Crippen LogP contribution in [0, 0.1) is 20.8 Å². The Hall–Kier alpha value is -0.830. The van der Waals surface area contributed by atoms with Crippen LogP contribution in [0.25, 0.3) is 0 Å². The maximum atomic E-state index is 11.1. The number of aryl methyl sites for hydroxylation is 1. The van der Waals surface area contributed by atoms with Crippen molar-refractivity contribution in [2.45, 2.75) is 20.8 Å². The third kappa shape index (κ3) is 1.98.